The fourth-order valence-electron chi connectivity index (χ4n) is 1.86. The maximum Gasteiger partial charge on any atom is 0.246 e. The van der Waals surface area contributed by atoms with Crippen molar-refractivity contribution >= 4 is 23.2 Å². The van der Waals surface area contributed by atoms with Crippen molar-refractivity contribution in [2.24, 2.45) is 0 Å². The number of nitrogens with one attached hydrogen (secondary N) is 2. The summed E-state index contributed by atoms with van der Waals surface area (Å²) in [6, 6.07) is 3.50. The van der Waals surface area contributed by atoms with Crippen LogP contribution in [0.4, 0.5) is 5.69 Å². The fraction of sp³-hybridized carbons (Fsp3) is 0.364. The van der Waals surface area contributed by atoms with Crippen LogP contribution in [0.3, 0.4) is 0 Å². The molecule has 0 bridgehead atoms. The Morgan fingerprint density at radius 2 is 2.27 bits per heavy atom. The van der Waals surface area contributed by atoms with Gasteiger partial charge in [0.1, 0.15) is 6.04 Å². The van der Waals surface area contributed by atoms with Crippen LogP contribution >= 0.6 is 11.6 Å². The minimum atomic E-state index is -0.235. The summed E-state index contributed by atoms with van der Waals surface area (Å²) in [4.78, 5) is 11.7. The van der Waals surface area contributed by atoms with Crippen molar-refractivity contribution in [3.05, 3.63) is 28.3 Å². The number of carbonyl (C=O) groups is 1. The van der Waals surface area contributed by atoms with Crippen LogP contribution in [0.1, 0.15) is 24.1 Å². The molecule has 0 fully saturated rings. The largest absolute Gasteiger partial charge is 0.324 e. The number of benzene rings is 1. The van der Waals surface area contributed by atoms with E-state index in [0.717, 1.165) is 23.4 Å². The zero-order chi connectivity index (χ0) is 11.0. The highest BCUT2D eigenvalue weighted by Crippen LogP contribution is 2.36. The number of likely N-dealkylation sites (N-methyl/N-ethyl adjacent to an activating group) is 1. The second kappa shape index (κ2) is 3.83. The van der Waals surface area contributed by atoms with Gasteiger partial charge in [-0.2, -0.15) is 0 Å². The standard InChI is InChI=1S/C11H13ClN2O/c1-3-13-10-7-4-5-8(12)6(2)9(7)14-11(10)15/h4-5,10,13H,3H2,1-2H3,(H,14,15). The van der Waals surface area contributed by atoms with Gasteiger partial charge in [-0.3, -0.25) is 4.79 Å². The van der Waals surface area contributed by atoms with Crippen molar-refractivity contribution in [2.75, 3.05) is 11.9 Å². The topological polar surface area (TPSA) is 41.1 Å². The van der Waals surface area contributed by atoms with E-state index in [9.17, 15) is 4.79 Å². The molecule has 15 heavy (non-hydrogen) atoms. The Labute approximate surface area is 93.8 Å². The lowest BCUT2D eigenvalue weighted by Crippen LogP contribution is -2.27. The zero-order valence-corrected chi connectivity index (χ0v) is 9.48. The summed E-state index contributed by atoms with van der Waals surface area (Å²) in [5.74, 6) is -0.00258. The van der Waals surface area contributed by atoms with Gasteiger partial charge in [0.05, 0.1) is 5.69 Å². The normalized spacial score (nSPS) is 18.9. The van der Waals surface area contributed by atoms with E-state index in [1.54, 1.807) is 0 Å². The Hall–Kier alpha value is -1.06. The number of anilines is 1. The molecule has 0 spiro atoms. The first-order valence-corrected chi connectivity index (χ1v) is 5.36. The summed E-state index contributed by atoms with van der Waals surface area (Å²) in [7, 11) is 0. The Kier molecular flexibility index (Phi) is 2.67. The van der Waals surface area contributed by atoms with Crippen molar-refractivity contribution in [2.45, 2.75) is 19.9 Å². The molecule has 1 unspecified atom stereocenters. The smallest absolute Gasteiger partial charge is 0.246 e. The molecule has 3 nitrogen and oxygen atoms in total. The average Bonchev–Trinajstić information content (AvgIpc) is 2.52. The van der Waals surface area contributed by atoms with E-state index in [1.165, 1.54) is 0 Å². The van der Waals surface area contributed by atoms with Gasteiger partial charge in [0.2, 0.25) is 5.91 Å². The van der Waals surface area contributed by atoms with E-state index in [2.05, 4.69) is 10.6 Å². The van der Waals surface area contributed by atoms with Crippen LogP contribution in [0.2, 0.25) is 5.02 Å². The molecular weight excluding hydrogens is 212 g/mol. The number of rotatable bonds is 2. The first kappa shape index (κ1) is 10.5. The molecule has 1 atom stereocenters. The van der Waals surface area contributed by atoms with Gasteiger partial charge in [-0.25, -0.2) is 0 Å². The minimum absolute atomic E-state index is 0.00258. The Morgan fingerprint density at radius 1 is 1.53 bits per heavy atom. The van der Waals surface area contributed by atoms with Crippen LogP contribution in [-0.2, 0) is 4.79 Å². The highest BCUT2D eigenvalue weighted by molar-refractivity contribution is 6.32. The van der Waals surface area contributed by atoms with E-state index < -0.39 is 0 Å². The lowest BCUT2D eigenvalue weighted by Gasteiger charge is -2.09. The minimum Gasteiger partial charge on any atom is -0.324 e. The van der Waals surface area contributed by atoms with Crippen molar-refractivity contribution in [1.82, 2.24) is 5.32 Å². The third kappa shape index (κ3) is 1.62. The molecule has 1 aromatic rings. The Balaban J connectivity index is 2.47. The molecule has 1 aromatic carbocycles. The first-order chi connectivity index (χ1) is 7.15. The van der Waals surface area contributed by atoms with Gasteiger partial charge in [0.25, 0.3) is 0 Å². The van der Waals surface area contributed by atoms with Crippen molar-refractivity contribution in [3.8, 4) is 0 Å². The van der Waals surface area contributed by atoms with Crippen LogP contribution in [0.5, 0.6) is 0 Å². The van der Waals surface area contributed by atoms with E-state index in [1.807, 2.05) is 26.0 Å². The summed E-state index contributed by atoms with van der Waals surface area (Å²) in [6.07, 6.45) is 0. The SMILES string of the molecule is CCNC1C(=O)Nc2c1ccc(Cl)c2C. The van der Waals surface area contributed by atoms with Gasteiger partial charge in [0, 0.05) is 10.6 Å². The maximum absolute atomic E-state index is 11.7. The quantitative estimate of drug-likeness (QED) is 0.809. The zero-order valence-electron chi connectivity index (χ0n) is 8.73. The number of carbonyl (C=O) groups excluding carboxylic acids is 1. The first-order valence-electron chi connectivity index (χ1n) is 4.98. The molecule has 1 amide bonds. The van der Waals surface area contributed by atoms with Gasteiger partial charge < -0.3 is 10.6 Å². The number of amides is 1. The van der Waals surface area contributed by atoms with E-state index in [-0.39, 0.29) is 11.9 Å². The Bertz CT molecular complexity index is 417. The third-order valence-electron chi connectivity index (χ3n) is 2.66. The molecule has 1 aliphatic rings. The molecule has 0 radical (unpaired) electrons. The third-order valence-corrected chi connectivity index (χ3v) is 3.07. The molecule has 1 heterocycles. The lowest BCUT2D eigenvalue weighted by atomic mass is 10.1. The molecule has 4 heteroatoms. The number of fused-ring (bicyclic) bond motifs is 1. The molecule has 80 valence electrons. The molecule has 0 aromatic heterocycles. The molecule has 2 rings (SSSR count). The Morgan fingerprint density at radius 3 is 2.93 bits per heavy atom. The van der Waals surface area contributed by atoms with E-state index in [4.69, 9.17) is 11.6 Å². The predicted octanol–water partition coefficient (Wildman–Crippen LogP) is 2.25. The molecule has 0 saturated heterocycles. The lowest BCUT2D eigenvalue weighted by molar-refractivity contribution is -0.117. The van der Waals surface area contributed by atoms with Gasteiger partial charge in [-0.05, 0) is 25.1 Å². The highest BCUT2D eigenvalue weighted by Gasteiger charge is 2.31. The maximum atomic E-state index is 11.7. The second-order valence-corrected chi connectivity index (χ2v) is 4.02. The number of halogens is 1. The molecule has 0 aliphatic carbocycles. The molecular formula is C11H13ClN2O. The van der Waals surface area contributed by atoms with Crippen LogP contribution in [0.15, 0.2) is 12.1 Å². The highest BCUT2D eigenvalue weighted by atomic mass is 35.5. The van der Waals surface area contributed by atoms with E-state index in [0.29, 0.717) is 5.02 Å². The number of hydrogen-bond acceptors (Lipinski definition) is 2. The number of hydrogen-bond donors (Lipinski definition) is 2. The summed E-state index contributed by atoms with van der Waals surface area (Å²) >= 11 is 5.99. The average molecular weight is 225 g/mol. The molecule has 1 aliphatic heterocycles. The van der Waals surface area contributed by atoms with Gasteiger partial charge in [0.15, 0.2) is 0 Å². The van der Waals surface area contributed by atoms with Crippen molar-refractivity contribution in [3.63, 3.8) is 0 Å². The van der Waals surface area contributed by atoms with Crippen LogP contribution in [0, 0.1) is 6.92 Å². The summed E-state index contributed by atoms with van der Waals surface area (Å²) in [5, 5.41) is 6.68. The monoisotopic (exact) mass is 224 g/mol. The second-order valence-electron chi connectivity index (χ2n) is 3.62. The van der Waals surface area contributed by atoms with Gasteiger partial charge in [-0.1, -0.05) is 24.6 Å². The van der Waals surface area contributed by atoms with Crippen molar-refractivity contribution in [1.29, 1.82) is 0 Å². The summed E-state index contributed by atoms with van der Waals surface area (Å²) < 4.78 is 0. The predicted molar refractivity (Wildman–Crippen MR) is 61.2 cm³/mol. The van der Waals surface area contributed by atoms with Gasteiger partial charge in [-0.15, -0.1) is 0 Å². The molecule has 0 saturated carbocycles. The van der Waals surface area contributed by atoms with Crippen LogP contribution in [0.25, 0.3) is 0 Å². The molecule has 2 N–H and O–H groups in total. The van der Waals surface area contributed by atoms with Crippen molar-refractivity contribution < 1.29 is 4.79 Å². The summed E-state index contributed by atoms with van der Waals surface area (Å²) in [6.45, 7) is 4.66. The summed E-state index contributed by atoms with van der Waals surface area (Å²) in [5.41, 5.74) is 2.78. The van der Waals surface area contributed by atoms with E-state index >= 15 is 0 Å². The van der Waals surface area contributed by atoms with Crippen LogP contribution < -0.4 is 10.6 Å². The fourth-order valence-corrected chi connectivity index (χ4v) is 2.01. The van der Waals surface area contributed by atoms with Crippen LogP contribution in [-0.4, -0.2) is 12.5 Å². The van der Waals surface area contributed by atoms with Gasteiger partial charge >= 0.3 is 0 Å².